The number of unbranched alkanes of at least 4 members (excludes halogenated alkanes) is 59. The fourth-order valence-corrected chi connectivity index (χ4v) is 15.7. The van der Waals surface area contributed by atoms with Crippen LogP contribution in [0.3, 0.4) is 0 Å². The predicted octanol–water partition coefficient (Wildman–Crippen LogP) is 27.8. The summed E-state index contributed by atoms with van der Waals surface area (Å²) in [7, 11) is -9.93. The summed E-state index contributed by atoms with van der Waals surface area (Å²) < 4.78 is 69.0. The van der Waals surface area contributed by atoms with E-state index in [2.05, 4.69) is 41.5 Å². The average molecular weight is 1590 g/mol. The lowest BCUT2D eigenvalue weighted by Gasteiger charge is -2.21. The van der Waals surface area contributed by atoms with Gasteiger partial charge < -0.3 is 33.8 Å². The fourth-order valence-electron chi connectivity index (χ4n) is 14.1. The van der Waals surface area contributed by atoms with E-state index in [0.29, 0.717) is 31.6 Å². The van der Waals surface area contributed by atoms with Crippen LogP contribution in [-0.2, 0) is 65.4 Å². The molecule has 0 aromatic carbocycles. The largest absolute Gasteiger partial charge is 0.472 e. The Morgan fingerprint density at radius 2 is 0.422 bits per heavy atom. The summed E-state index contributed by atoms with van der Waals surface area (Å²) in [6, 6.07) is 0. The van der Waals surface area contributed by atoms with E-state index in [0.717, 1.165) is 102 Å². The molecular weight excluding hydrogens is 1410 g/mol. The van der Waals surface area contributed by atoms with Crippen molar-refractivity contribution < 1.29 is 80.2 Å². The van der Waals surface area contributed by atoms with Gasteiger partial charge in [0.25, 0.3) is 0 Å². The van der Waals surface area contributed by atoms with Gasteiger partial charge in [0.05, 0.1) is 26.4 Å². The van der Waals surface area contributed by atoms with E-state index in [-0.39, 0.29) is 25.7 Å². The first-order chi connectivity index (χ1) is 52.9. The van der Waals surface area contributed by atoms with Crippen LogP contribution in [0.5, 0.6) is 0 Å². The standard InChI is InChI=1S/C90H176O17P2/c1-7-9-11-13-15-17-19-21-23-25-27-29-31-33-37-41-45-49-55-62-68-74-89(94)106-85(78-100-87(92)72-66-60-54-48-44-40-36-32-30-28-26-24-22-20-18-16-14-12-10-8-2)80-104-108(96,97)102-76-84(91)77-103-109(98,99)105-81-86(79-101-88(93)73-67-61-57-51-53-59-65-71-83(5)6)107-90(95)75-69-63-56-50-46-42-38-34-35-39-43-47-52-58-64-70-82(3)4/h82-86,91H,7-81H2,1-6H3,(H,96,97)(H,98,99)/t84-,85-,86-/m1/s1. The first kappa shape index (κ1) is 107. The predicted molar refractivity (Wildman–Crippen MR) is 451 cm³/mol. The third-order valence-corrected chi connectivity index (χ3v) is 23.1. The summed E-state index contributed by atoms with van der Waals surface area (Å²) in [6.45, 7) is 9.66. The molecule has 0 radical (unpaired) electrons. The van der Waals surface area contributed by atoms with Crippen LogP contribution >= 0.6 is 15.6 Å². The van der Waals surface area contributed by atoms with Crippen molar-refractivity contribution in [2.75, 3.05) is 39.6 Å². The van der Waals surface area contributed by atoms with Gasteiger partial charge in [-0.25, -0.2) is 9.13 Å². The second-order valence-electron chi connectivity index (χ2n) is 33.3. The number of aliphatic hydroxyl groups is 1. The van der Waals surface area contributed by atoms with Crippen molar-refractivity contribution in [3.05, 3.63) is 0 Å². The number of carbonyl (C=O) groups is 4. The molecule has 0 heterocycles. The monoisotopic (exact) mass is 1590 g/mol. The van der Waals surface area contributed by atoms with E-state index >= 15 is 0 Å². The van der Waals surface area contributed by atoms with Crippen molar-refractivity contribution in [2.45, 2.75) is 503 Å². The molecule has 0 saturated heterocycles. The number of aliphatic hydroxyl groups excluding tert-OH is 1. The van der Waals surface area contributed by atoms with Gasteiger partial charge in [0, 0.05) is 25.7 Å². The highest BCUT2D eigenvalue weighted by molar-refractivity contribution is 7.47. The van der Waals surface area contributed by atoms with Gasteiger partial charge in [0.2, 0.25) is 0 Å². The van der Waals surface area contributed by atoms with Crippen molar-refractivity contribution in [3.63, 3.8) is 0 Å². The average Bonchev–Trinajstić information content (AvgIpc) is 0.898. The van der Waals surface area contributed by atoms with Crippen LogP contribution in [0, 0.1) is 11.8 Å². The van der Waals surface area contributed by atoms with Crippen molar-refractivity contribution in [1.29, 1.82) is 0 Å². The maximum absolute atomic E-state index is 13.2. The molecule has 0 aliphatic heterocycles. The lowest BCUT2D eigenvalue weighted by atomic mass is 10.0. The number of esters is 4. The van der Waals surface area contributed by atoms with Crippen molar-refractivity contribution in [3.8, 4) is 0 Å². The normalized spacial score (nSPS) is 13.8. The van der Waals surface area contributed by atoms with E-state index in [1.165, 1.54) is 295 Å². The van der Waals surface area contributed by atoms with Gasteiger partial charge in [-0.1, -0.05) is 433 Å². The summed E-state index contributed by atoms with van der Waals surface area (Å²) in [5, 5.41) is 10.7. The Bertz CT molecular complexity index is 2080. The summed E-state index contributed by atoms with van der Waals surface area (Å²) >= 11 is 0. The molecule has 17 nitrogen and oxygen atoms in total. The van der Waals surface area contributed by atoms with Gasteiger partial charge in [-0.2, -0.15) is 0 Å². The first-order valence-corrected chi connectivity index (χ1v) is 49.5. The van der Waals surface area contributed by atoms with E-state index in [1.807, 2.05) is 0 Å². The molecule has 0 fully saturated rings. The number of hydrogen-bond acceptors (Lipinski definition) is 15. The lowest BCUT2D eigenvalue weighted by molar-refractivity contribution is -0.161. The van der Waals surface area contributed by atoms with Crippen LogP contribution in [0.4, 0.5) is 0 Å². The molecule has 5 atom stereocenters. The van der Waals surface area contributed by atoms with E-state index in [4.69, 9.17) is 37.0 Å². The Labute approximate surface area is 670 Å². The smallest absolute Gasteiger partial charge is 0.462 e. The summed E-state index contributed by atoms with van der Waals surface area (Å²) in [5.41, 5.74) is 0. The van der Waals surface area contributed by atoms with E-state index in [1.54, 1.807) is 0 Å². The lowest BCUT2D eigenvalue weighted by Crippen LogP contribution is -2.30. The molecule has 0 aliphatic rings. The summed E-state index contributed by atoms with van der Waals surface area (Å²) in [4.78, 5) is 73.3. The minimum absolute atomic E-state index is 0.107. The molecule has 19 heteroatoms. The third-order valence-electron chi connectivity index (χ3n) is 21.2. The Kier molecular flexibility index (Phi) is 79.8. The van der Waals surface area contributed by atoms with Gasteiger partial charge in [-0.3, -0.25) is 37.3 Å². The molecule has 0 rings (SSSR count). The van der Waals surface area contributed by atoms with E-state index in [9.17, 15) is 43.2 Å². The topological polar surface area (TPSA) is 237 Å². The zero-order valence-corrected chi connectivity index (χ0v) is 73.7. The van der Waals surface area contributed by atoms with Crippen molar-refractivity contribution in [2.24, 2.45) is 11.8 Å². The molecule has 0 aromatic heterocycles. The van der Waals surface area contributed by atoms with Crippen molar-refractivity contribution >= 4 is 39.5 Å². The molecule has 648 valence electrons. The molecule has 0 aliphatic carbocycles. The highest BCUT2D eigenvalue weighted by Gasteiger charge is 2.31. The van der Waals surface area contributed by atoms with Crippen LogP contribution in [0.15, 0.2) is 0 Å². The molecule has 0 bridgehead atoms. The highest BCUT2D eigenvalue weighted by atomic mass is 31.2. The summed E-state index contributed by atoms with van der Waals surface area (Å²) in [5.74, 6) is -0.592. The molecule has 0 saturated carbocycles. The Balaban J connectivity index is 5.22. The Morgan fingerprint density at radius 3 is 0.624 bits per heavy atom. The Morgan fingerprint density at radius 1 is 0.248 bits per heavy atom. The van der Waals surface area contributed by atoms with Gasteiger partial charge >= 0.3 is 39.5 Å². The quantitative estimate of drug-likeness (QED) is 0.0222. The molecule has 0 aromatic rings. The van der Waals surface area contributed by atoms with Crippen LogP contribution in [0.1, 0.15) is 485 Å². The molecule has 109 heavy (non-hydrogen) atoms. The maximum Gasteiger partial charge on any atom is 0.472 e. The maximum atomic E-state index is 13.2. The second-order valence-corrected chi connectivity index (χ2v) is 36.2. The van der Waals surface area contributed by atoms with Crippen LogP contribution in [0.2, 0.25) is 0 Å². The molecular formula is C90H176O17P2. The number of ether oxygens (including phenoxy) is 4. The van der Waals surface area contributed by atoms with Gasteiger partial charge in [-0.15, -0.1) is 0 Å². The molecule has 2 unspecified atom stereocenters. The molecule has 0 amide bonds. The van der Waals surface area contributed by atoms with Gasteiger partial charge in [0.1, 0.15) is 19.3 Å². The third kappa shape index (κ3) is 83.8. The minimum atomic E-state index is -4.97. The van der Waals surface area contributed by atoms with E-state index < -0.39 is 97.5 Å². The van der Waals surface area contributed by atoms with Crippen LogP contribution in [0.25, 0.3) is 0 Å². The number of phosphoric ester groups is 2. The van der Waals surface area contributed by atoms with Crippen LogP contribution < -0.4 is 0 Å². The zero-order chi connectivity index (χ0) is 79.9. The van der Waals surface area contributed by atoms with Crippen molar-refractivity contribution in [1.82, 2.24) is 0 Å². The fraction of sp³-hybridized carbons (Fsp3) is 0.956. The first-order valence-electron chi connectivity index (χ1n) is 46.5. The number of hydrogen-bond donors (Lipinski definition) is 3. The molecule has 0 spiro atoms. The minimum Gasteiger partial charge on any atom is -0.462 e. The highest BCUT2D eigenvalue weighted by Crippen LogP contribution is 2.45. The van der Waals surface area contributed by atoms with Gasteiger partial charge in [-0.05, 0) is 37.5 Å². The number of phosphoric acid groups is 2. The van der Waals surface area contributed by atoms with Gasteiger partial charge in [0.15, 0.2) is 12.2 Å². The second kappa shape index (κ2) is 81.2. The molecule has 3 N–H and O–H groups in total. The Hall–Kier alpha value is -1.94. The SMILES string of the molecule is CCCCCCCCCCCCCCCCCCCCCCCC(=O)O[C@H](COC(=O)CCCCCCCCCCCCCCCCCCCCCC)COP(=O)(O)OC[C@@H](O)COP(=O)(O)OC[C@@H](COC(=O)CCCCCCCCCC(C)C)OC(=O)CCCCCCCCCCCCCCCCCC(C)C. The number of rotatable bonds is 89. The number of carbonyl (C=O) groups excluding carboxylic acids is 4. The zero-order valence-electron chi connectivity index (χ0n) is 71.9. The van der Waals surface area contributed by atoms with Crippen LogP contribution in [-0.4, -0.2) is 96.7 Å². The summed E-state index contributed by atoms with van der Waals surface area (Å²) in [6.07, 6.45) is 75.3.